The third-order valence-electron chi connectivity index (χ3n) is 2.66. The minimum atomic E-state index is -3.71. The average Bonchev–Trinajstić information content (AvgIpc) is 2.43. The van der Waals surface area contributed by atoms with E-state index in [4.69, 9.17) is 14.6 Å². The highest BCUT2D eigenvalue weighted by atomic mass is 32.2. The molecule has 0 saturated carbocycles. The quantitative estimate of drug-likeness (QED) is 0.763. The van der Waals surface area contributed by atoms with Crippen LogP contribution in [0.25, 0.3) is 0 Å². The Kier molecular flexibility index (Phi) is 5.74. The molecule has 0 aliphatic heterocycles. The Morgan fingerprint density at radius 1 is 1.37 bits per heavy atom. The van der Waals surface area contributed by atoms with Gasteiger partial charge in [0.05, 0.1) is 19.8 Å². The summed E-state index contributed by atoms with van der Waals surface area (Å²) in [5.74, 6) is 0.231. The molecule has 1 aromatic rings. The van der Waals surface area contributed by atoms with E-state index in [0.29, 0.717) is 5.56 Å². The summed E-state index contributed by atoms with van der Waals surface area (Å²) in [5, 5.41) is 9.07. The minimum absolute atomic E-state index is 0.00449. The van der Waals surface area contributed by atoms with Crippen molar-refractivity contribution in [3.05, 3.63) is 23.8 Å². The Hall–Kier alpha value is -1.15. The van der Waals surface area contributed by atoms with Gasteiger partial charge in [-0.3, -0.25) is 0 Å². The van der Waals surface area contributed by atoms with Crippen LogP contribution < -0.4 is 9.46 Å². The normalized spacial score (nSPS) is 13.3. The number of nitrogens with one attached hydrogen (secondary N) is 1. The van der Waals surface area contributed by atoms with Gasteiger partial charge in [0.2, 0.25) is 10.0 Å². The van der Waals surface area contributed by atoms with Gasteiger partial charge in [0.25, 0.3) is 0 Å². The number of aliphatic hydroxyl groups excluding tert-OH is 1. The number of hydrogen-bond acceptors (Lipinski definition) is 5. The topological polar surface area (TPSA) is 84.9 Å². The van der Waals surface area contributed by atoms with Gasteiger partial charge in [0, 0.05) is 13.7 Å². The molecule has 2 N–H and O–H groups in total. The molecule has 0 heterocycles. The molecule has 0 fully saturated rings. The molecule has 0 aromatic heterocycles. The SMILES string of the molecule is COc1ccc(CO)cc1S(=O)(=O)NCC(C)OC. The van der Waals surface area contributed by atoms with Crippen molar-refractivity contribution in [3.63, 3.8) is 0 Å². The van der Waals surface area contributed by atoms with Gasteiger partial charge >= 0.3 is 0 Å². The summed E-state index contributed by atoms with van der Waals surface area (Å²) in [6.45, 7) is 1.68. The molecule has 108 valence electrons. The molecule has 0 bridgehead atoms. The van der Waals surface area contributed by atoms with Gasteiger partial charge < -0.3 is 14.6 Å². The number of methoxy groups -OCH3 is 2. The number of ether oxygens (including phenoxy) is 2. The van der Waals surface area contributed by atoms with E-state index < -0.39 is 10.0 Å². The summed E-state index contributed by atoms with van der Waals surface area (Å²) in [5.41, 5.74) is 0.501. The lowest BCUT2D eigenvalue weighted by molar-refractivity contribution is 0.122. The second kappa shape index (κ2) is 6.85. The molecule has 0 aliphatic rings. The molecule has 1 rings (SSSR count). The van der Waals surface area contributed by atoms with E-state index in [0.717, 1.165) is 0 Å². The van der Waals surface area contributed by atoms with Gasteiger partial charge in [-0.15, -0.1) is 0 Å². The first-order chi connectivity index (χ1) is 8.94. The van der Waals surface area contributed by atoms with Crippen LogP contribution in [-0.4, -0.2) is 40.4 Å². The van der Waals surface area contributed by atoms with Gasteiger partial charge in [-0.05, 0) is 24.6 Å². The molecular formula is C12H19NO5S. The highest BCUT2D eigenvalue weighted by molar-refractivity contribution is 7.89. The molecule has 0 radical (unpaired) electrons. The maximum atomic E-state index is 12.2. The summed E-state index contributed by atoms with van der Waals surface area (Å²) in [6, 6.07) is 4.51. The highest BCUT2D eigenvalue weighted by Gasteiger charge is 2.20. The lowest BCUT2D eigenvalue weighted by atomic mass is 10.2. The fraction of sp³-hybridized carbons (Fsp3) is 0.500. The molecule has 1 unspecified atom stereocenters. The molecule has 0 spiro atoms. The number of benzene rings is 1. The Morgan fingerprint density at radius 3 is 2.58 bits per heavy atom. The second-order valence-corrected chi connectivity index (χ2v) is 5.78. The molecule has 0 aliphatic carbocycles. The van der Waals surface area contributed by atoms with E-state index in [2.05, 4.69) is 4.72 Å². The highest BCUT2D eigenvalue weighted by Crippen LogP contribution is 2.24. The van der Waals surface area contributed by atoms with E-state index in [1.165, 1.54) is 26.4 Å². The summed E-state index contributed by atoms with van der Waals surface area (Å²) in [7, 11) is -0.807. The predicted molar refractivity (Wildman–Crippen MR) is 70.6 cm³/mol. The third-order valence-corrected chi connectivity index (χ3v) is 4.11. The van der Waals surface area contributed by atoms with Crippen molar-refractivity contribution in [3.8, 4) is 5.75 Å². The van der Waals surface area contributed by atoms with Gasteiger partial charge in [-0.2, -0.15) is 0 Å². The van der Waals surface area contributed by atoms with Crippen molar-refractivity contribution in [1.29, 1.82) is 0 Å². The first-order valence-corrected chi connectivity index (χ1v) is 7.23. The number of rotatable bonds is 7. The van der Waals surface area contributed by atoms with Crippen LogP contribution in [0.2, 0.25) is 0 Å². The zero-order chi connectivity index (χ0) is 14.5. The van der Waals surface area contributed by atoms with E-state index in [1.54, 1.807) is 13.0 Å². The number of aliphatic hydroxyl groups is 1. The molecule has 0 amide bonds. The summed E-state index contributed by atoms with van der Waals surface area (Å²) in [6.07, 6.45) is -0.234. The Labute approximate surface area is 113 Å². The van der Waals surface area contributed by atoms with Crippen molar-refractivity contribution < 1.29 is 23.0 Å². The Balaban J connectivity index is 3.05. The van der Waals surface area contributed by atoms with Crippen molar-refractivity contribution in [2.45, 2.75) is 24.5 Å². The van der Waals surface area contributed by atoms with Crippen LogP contribution >= 0.6 is 0 Å². The summed E-state index contributed by atoms with van der Waals surface area (Å²) >= 11 is 0. The fourth-order valence-electron chi connectivity index (χ4n) is 1.42. The largest absolute Gasteiger partial charge is 0.495 e. The van der Waals surface area contributed by atoms with Crippen LogP contribution in [0.15, 0.2) is 23.1 Å². The van der Waals surface area contributed by atoms with E-state index >= 15 is 0 Å². The monoisotopic (exact) mass is 289 g/mol. The zero-order valence-electron chi connectivity index (χ0n) is 11.2. The third kappa shape index (κ3) is 4.17. The Bertz CT molecular complexity index is 515. The standard InChI is InChI=1S/C12H19NO5S/c1-9(17-2)7-13-19(15,16)12-6-10(8-14)4-5-11(12)18-3/h4-6,9,13-14H,7-8H2,1-3H3. The maximum Gasteiger partial charge on any atom is 0.244 e. The smallest absolute Gasteiger partial charge is 0.244 e. The van der Waals surface area contributed by atoms with Gasteiger partial charge in [-0.1, -0.05) is 6.07 Å². The molecule has 19 heavy (non-hydrogen) atoms. The summed E-state index contributed by atoms with van der Waals surface area (Å²) < 4.78 is 36.8. The van der Waals surface area contributed by atoms with Crippen LogP contribution in [-0.2, 0) is 21.4 Å². The molecule has 0 saturated heterocycles. The van der Waals surface area contributed by atoms with Crippen molar-refractivity contribution in [2.24, 2.45) is 0 Å². The van der Waals surface area contributed by atoms with Crippen LogP contribution in [0.3, 0.4) is 0 Å². The van der Waals surface area contributed by atoms with Crippen LogP contribution in [0.1, 0.15) is 12.5 Å². The number of hydrogen-bond donors (Lipinski definition) is 2. The van der Waals surface area contributed by atoms with Gasteiger partial charge in [-0.25, -0.2) is 13.1 Å². The van der Waals surface area contributed by atoms with Gasteiger partial charge in [0.15, 0.2) is 0 Å². The molecule has 1 atom stereocenters. The molecule has 1 aromatic carbocycles. The first-order valence-electron chi connectivity index (χ1n) is 5.74. The summed E-state index contributed by atoms with van der Waals surface area (Å²) in [4.78, 5) is 0.00449. The van der Waals surface area contributed by atoms with Crippen LogP contribution in [0.5, 0.6) is 5.75 Å². The van der Waals surface area contributed by atoms with Crippen LogP contribution in [0, 0.1) is 0 Å². The maximum absolute atomic E-state index is 12.2. The average molecular weight is 289 g/mol. The van der Waals surface area contributed by atoms with Crippen molar-refractivity contribution in [2.75, 3.05) is 20.8 Å². The zero-order valence-corrected chi connectivity index (χ0v) is 12.0. The number of sulfonamides is 1. The Morgan fingerprint density at radius 2 is 2.05 bits per heavy atom. The second-order valence-electron chi connectivity index (χ2n) is 4.04. The van der Waals surface area contributed by atoms with E-state index in [9.17, 15) is 8.42 Å². The predicted octanol–water partition coefficient (Wildman–Crippen LogP) is 0.501. The van der Waals surface area contributed by atoms with Gasteiger partial charge in [0.1, 0.15) is 10.6 Å². The van der Waals surface area contributed by atoms with Crippen molar-refractivity contribution >= 4 is 10.0 Å². The lowest BCUT2D eigenvalue weighted by Crippen LogP contribution is -2.31. The lowest BCUT2D eigenvalue weighted by Gasteiger charge is -2.14. The van der Waals surface area contributed by atoms with E-state index in [1.807, 2.05) is 0 Å². The van der Waals surface area contributed by atoms with Crippen LogP contribution in [0.4, 0.5) is 0 Å². The minimum Gasteiger partial charge on any atom is -0.495 e. The van der Waals surface area contributed by atoms with Crippen molar-refractivity contribution in [1.82, 2.24) is 4.72 Å². The molecule has 6 nitrogen and oxygen atoms in total. The first kappa shape index (κ1) is 15.9. The van der Waals surface area contributed by atoms with E-state index in [-0.39, 0.29) is 29.9 Å². The fourth-order valence-corrected chi connectivity index (χ4v) is 2.75. The molecular weight excluding hydrogens is 270 g/mol. The molecule has 7 heteroatoms.